The Hall–Kier alpha value is -2.73. The molecule has 33 heavy (non-hydrogen) atoms. The van der Waals surface area contributed by atoms with E-state index in [2.05, 4.69) is 15.2 Å². The molecule has 0 saturated heterocycles. The Morgan fingerprint density at radius 1 is 1.27 bits per heavy atom. The summed E-state index contributed by atoms with van der Waals surface area (Å²) in [7, 11) is 0. The van der Waals surface area contributed by atoms with Crippen LogP contribution in [0.3, 0.4) is 0 Å². The number of fused-ring (bicyclic) bond motifs is 1. The van der Waals surface area contributed by atoms with Crippen LogP contribution in [0.5, 0.6) is 17.2 Å². The molecule has 178 valence electrons. The number of halogens is 5. The molecule has 8 nitrogen and oxygen atoms in total. The number of benzene rings is 1. The maximum atomic E-state index is 13.7. The molecule has 2 bridgehead atoms. The van der Waals surface area contributed by atoms with E-state index < -0.39 is 24.9 Å². The lowest BCUT2D eigenvalue weighted by Crippen LogP contribution is -2.79. The Labute approximate surface area is 189 Å². The van der Waals surface area contributed by atoms with Crippen molar-refractivity contribution in [3.05, 3.63) is 35.4 Å². The Bertz CT molecular complexity index is 1070. The van der Waals surface area contributed by atoms with Gasteiger partial charge < -0.3 is 19.5 Å². The van der Waals surface area contributed by atoms with Crippen LogP contribution < -0.4 is 19.5 Å². The topological polar surface area (TPSA) is 83.8 Å². The number of alkyl halides is 3. The van der Waals surface area contributed by atoms with Crippen molar-refractivity contribution in [2.45, 2.75) is 42.8 Å². The van der Waals surface area contributed by atoms with E-state index in [0.29, 0.717) is 25.0 Å². The third-order valence-corrected chi connectivity index (χ3v) is 6.28. The van der Waals surface area contributed by atoms with Gasteiger partial charge in [0.2, 0.25) is 6.10 Å². The minimum absolute atomic E-state index is 0.0279. The molecular weight excluding hydrogens is 474 g/mol. The van der Waals surface area contributed by atoms with Crippen molar-refractivity contribution in [2.75, 3.05) is 19.8 Å². The van der Waals surface area contributed by atoms with E-state index in [0.717, 1.165) is 6.07 Å². The molecule has 3 saturated carbocycles. The maximum Gasteiger partial charge on any atom is 0.522 e. The molecule has 0 radical (unpaired) electrons. The van der Waals surface area contributed by atoms with Crippen molar-refractivity contribution >= 4 is 17.5 Å². The van der Waals surface area contributed by atoms with E-state index in [1.165, 1.54) is 12.3 Å². The first-order valence-corrected chi connectivity index (χ1v) is 10.4. The van der Waals surface area contributed by atoms with Crippen LogP contribution in [-0.4, -0.2) is 53.5 Å². The summed E-state index contributed by atoms with van der Waals surface area (Å²) in [6.45, 7) is -0.910. The lowest BCUT2D eigenvalue weighted by atomic mass is 9.44. The molecule has 0 spiro atoms. The van der Waals surface area contributed by atoms with Gasteiger partial charge in [0.1, 0.15) is 19.0 Å². The summed E-state index contributed by atoms with van der Waals surface area (Å²) in [6.07, 6.45) is -0.662. The predicted molar refractivity (Wildman–Crippen MR) is 104 cm³/mol. The van der Waals surface area contributed by atoms with Crippen molar-refractivity contribution in [3.63, 3.8) is 0 Å². The zero-order valence-electron chi connectivity index (χ0n) is 17.0. The van der Waals surface area contributed by atoms with E-state index in [9.17, 15) is 22.4 Å². The molecule has 3 aliphatic carbocycles. The highest BCUT2D eigenvalue weighted by Gasteiger charge is 2.70. The van der Waals surface area contributed by atoms with E-state index in [-0.39, 0.29) is 46.7 Å². The van der Waals surface area contributed by atoms with Gasteiger partial charge >= 0.3 is 6.36 Å². The minimum atomic E-state index is -4.69. The van der Waals surface area contributed by atoms with Gasteiger partial charge in [0.25, 0.3) is 5.91 Å². The van der Waals surface area contributed by atoms with E-state index in [1.807, 2.05) is 0 Å². The van der Waals surface area contributed by atoms with E-state index in [4.69, 9.17) is 25.8 Å². The van der Waals surface area contributed by atoms with Crippen molar-refractivity contribution in [2.24, 2.45) is 0 Å². The molecule has 1 unspecified atom stereocenters. The third kappa shape index (κ3) is 4.17. The maximum absolute atomic E-state index is 13.7. The van der Waals surface area contributed by atoms with Gasteiger partial charge in [-0.2, -0.15) is 5.10 Å². The van der Waals surface area contributed by atoms with Crippen LogP contribution in [0, 0.1) is 5.82 Å². The zero-order valence-corrected chi connectivity index (χ0v) is 17.7. The van der Waals surface area contributed by atoms with E-state index >= 15 is 0 Å². The predicted octanol–water partition coefficient (Wildman–Crippen LogP) is 3.18. The largest absolute Gasteiger partial charge is 0.522 e. The van der Waals surface area contributed by atoms with Crippen molar-refractivity contribution in [1.82, 2.24) is 15.1 Å². The van der Waals surface area contributed by atoms with Crippen LogP contribution in [-0.2, 0) is 15.1 Å². The number of ether oxygens (including phenoxy) is 4. The fourth-order valence-corrected chi connectivity index (χ4v) is 4.76. The summed E-state index contributed by atoms with van der Waals surface area (Å²) in [5.74, 6) is -0.309. The standard InChI is InChI=1S/C20H18ClF4N3O5/c21-12-3-14-15(4-13(12)22)33-16(7-31-14)17(29)27-18-8-19(9-18,10-18)28-6-11(5-26-28)30-1-2-32-20(23,24)25/h3-6,16H,1-2,7-10H2,(H,27,29). The fourth-order valence-electron chi connectivity index (χ4n) is 4.61. The molecule has 2 heterocycles. The SMILES string of the molecule is O=C(NC12CC(n3cc(OCCOC(F)(F)F)cn3)(C1)C2)C1COc2cc(Cl)c(F)cc2O1. The van der Waals surface area contributed by atoms with Gasteiger partial charge in [0.05, 0.1) is 29.6 Å². The average Bonchev–Trinajstić information content (AvgIpc) is 3.15. The van der Waals surface area contributed by atoms with Gasteiger partial charge in [0, 0.05) is 17.7 Å². The second-order valence-corrected chi connectivity index (χ2v) is 8.83. The number of hydrogen-bond acceptors (Lipinski definition) is 6. The fraction of sp³-hybridized carbons (Fsp3) is 0.500. The van der Waals surface area contributed by atoms with Crippen LogP contribution in [0.4, 0.5) is 17.6 Å². The number of hydrogen-bond donors (Lipinski definition) is 1. The van der Waals surface area contributed by atoms with Crippen LogP contribution in [0.15, 0.2) is 24.5 Å². The first kappa shape index (κ1) is 22.1. The van der Waals surface area contributed by atoms with Gasteiger partial charge in [-0.1, -0.05) is 11.6 Å². The molecule has 2 aromatic rings. The highest BCUT2D eigenvalue weighted by atomic mass is 35.5. The van der Waals surface area contributed by atoms with Gasteiger partial charge in [-0.15, -0.1) is 13.2 Å². The Morgan fingerprint density at radius 3 is 2.76 bits per heavy atom. The zero-order chi connectivity index (χ0) is 23.4. The van der Waals surface area contributed by atoms with Crippen LogP contribution in [0.2, 0.25) is 5.02 Å². The molecule has 1 N–H and O–H groups in total. The number of amides is 1. The highest BCUT2D eigenvalue weighted by molar-refractivity contribution is 6.30. The number of carbonyl (C=O) groups is 1. The first-order valence-electron chi connectivity index (χ1n) is 10.1. The second kappa shape index (κ2) is 7.66. The van der Waals surface area contributed by atoms with Gasteiger partial charge in [-0.05, 0) is 19.3 Å². The second-order valence-electron chi connectivity index (χ2n) is 8.42. The summed E-state index contributed by atoms with van der Waals surface area (Å²) in [6, 6.07) is 2.39. The Morgan fingerprint density at radius 2 is 2.03 bits per heavy atom. The van der Waals surface area contributed by atoms with Crippen LogP contribution in [0.25, 0.3) is 0 Å². The molecule has 3 fully saturated rings. The first-order chi connectivity index (χ1) is 15.6. The molecule has 1 atom stereocenters. The summed E-state index contributed by atoms with van der Waals surface area (Å²) >= 11 is 5.73. The molecule has 1 amide bonds. The van der Waals surface area contributed by atoms with E-state index in [1.54, 1.807) is 10.9 Å². The molecular formula is C20H18ClF4N3O5. The number of aromatic nitrogens is 2. The monoisotopic (exact) mass is 491 g/mol. The molecule has 1 aliphatic heterocycles. The van der Waals surface area contributed by atoms with Crippen LogP contribution >= 0.6 is 11.6 Å². The molecule has 6 rings (SSSR count). The summed E-state index contributed by atoms with van der Waals surface area (Å²) in [4.78, 5) is 12.7. The van der Waals surface area contributed by atoms with Gasteiger partial charge in [0.15, 0.2) is 17.2 Å². The van der Waals surface area contributed by atoms with Crippen molar-refractivity contribution in [1.29, 1.82) is 0 Å². The summed E-state index contributed by atoms with van der Waals surface area (Å²) in [5, 5.41) is 7.13. The Kier molecular flexibility index (Phi) is 5.12. The average molecular weight is 492 g/mol. The van der Waals surface area contributed by atoms with Gasteiger partial charge in [-0.3, -0.25) is 14.2 Å². The highest BCUT2D eigenvalue weighted by Crippen LogP contribution is 2.65. The lowest BCUT2D eigenvalue weighted by molar-refractivity contribution is -0.325. The third-order valence-electron chi connectivity index (χ3n) is 5.99. The van der Waals surface area contributed by atoms with Gasteiger partial charge in [-0.25, -0.2) is 4.39 Å². The Balaban J connectivity index is 1.11. The molecule has 1 aromatic carbocycles. The quantitative estimate of drug-likeness (QED) is 0.473. The lowest BCUT2D eigenvalue weighted by Gasteiger charge is -2.70. The number of nitrogens with zero attached hydrogens (tertiary/aromatic N) is 2. The molecule has 4 aliphatic rings. The number of carbonyl (C=O) groups excluding carboxylic acids is 1. The van der Waals surface area contributed by atoms with Crippen LogP contribution in [0.1, 0.15) is 19.3 Å². The van der Waals surface area contributed by atoms with Crippen molar-refractivity contribution < 1.29 is 41.3 Å². The summed E-state index contributed by atoms with van der Waals surface area (Å²) < 4.78 is 71.3. The molecule has 13 heteroatoms. The number of rotatable bonds is 7. The number of nitrogens with one attached hydrogen (secondary N) is 1. The smallest absolute Gasteiger partial charge is 0.488 e. The normalized spacial score (nSPS) is 27.4. The summed E-state index contributed by atoms with van der Waals surface area (Å²) in [5.41, 5.74) is -0.659. The minimum Gasteiger partial charge on any atom is -0.488 e. The van der Waals surface area contributed by atoms with Crippen molar-refractivity contribution in [3.8, 4) is 17.2 Å². The molecule has 1 aromatic heterocycles.